The van der Waals surface area contributed by atoms with Gasteiger partial charge in [0, 0.05) is 37.1 Å². The predicted octanol–water partition coefficient (Wildman–Crippen LogP) is 1.54. The molecule has 0 saturated carbocycles. The summed E-state index contributed by atoms with van der Waals surface area (Å²) in [6.07, 6.45) is 1.26. The number of pyridine rings is 1. The molecule has 1 aliphatic rings. The van der Waals surface area contributed by atoms with E-state index in [-0.39, 0.29) is 42.4 Å². The van der Waals surface area contributed by atoms with Gasteiger partial charge < -0.3 is 19.6 Å². The highest BCUT2D eigenvalue weighted by Gasteiger charge is 2.34. The number of carbonyl (C=O) groups excluding carboxylic acids is 2. The summed E-state index contributed by atoms with van der Waals surface area (Å²) in [5.74, 6) is -0.0794. The molecular weight excluding hydrogens is 390 g/mol. The van der Waals surface area contributed by atoms with E-state index in [9.17, 15) is 14.7 Å². The van der Waals surface area contributed by atoms with Crippen LogP contribution in [0.15, 0.2) is 16.7 Å². The van der Waals surface area contributed by atoms with Gasteiger partial charge in [0.15, 0.2) is 0 Å². The third kappa shape index (κ3) is 4.49. The lowest BCUT2D eigenvalue weighted by molar-refractivity contribution is -0.129. The molecule has 138 valence electrons. The van der Waals surface area contributed by atoms with E-state index in [0.717, 1.165) is 0 Å². The van der Waals surface area contributed by atoms with E-state index in [2.05, 4.69) is 20.9 Å². The largest absolute Gasteiger partial charge is 0.472 e. The number of fused-ring (bicyclic) bond motifs is 1. The van der Waals surface area contributed by atoms with Crippen molar-refractivity contribution in [2.45, 2.75) is 32.9 Å². The van der Waals surface area contributed by atoms with Crippen molar-refractivity contribution >= 4 is 27.7 Å². The normalized spacial score (nSPS) is 21.7. The zero-order valence-electron chi connectivity index (χ0n) is 14.9. The van der Waals surface area contributed by atoms with Gasteiger partial charge in [-0.2, -0.15) is 0 Å². The van der Waals surface area contributed by atoms with Gasteiger partial charge in [-0.15, -0.1) is 0 Å². The molecule has 3 atom stereocenters. The minimum absolute atomic E-state index is 0.0432. The molecule has 0 spiro atoms. The van der Waals surface area contributed by atoms with Crippen LogP contribution >= 0.6 is 15.9 Å². The molecule has 0 aromatic carbocycles. The molecule has 7 nitrogen and oxygen atoms in total. The molecule has 0 fully saturated rings. The predicted molar refractivity (Wildman–Crippen MR) is 96.4 cm³/mol. The first-order valence-corrected chi connectivity index (χ1v) is 8.99. The lowest BCUT2D eigenvalue weighted by atomic mass is 10.00. The summed E-state index contributed by atoms with van der Waals surface area (Å²) in [4.78, 5) is 32.0. The van der Waals surface area contributed by atoms with Crippen LogP contribution in [0.2, 0.25) is 0 Å². The van der Waals surface area contributed by atoms with Crippen molar-refractivity contribution in [2.24, 2.45) is 5.92 Å². The summed E-state index contributed by atoms with van der Waals surface area (Å²) in [7, 11) is 1.71. The Morgan fingerprint density at radius 1 is 1.60 bits per heavy atom. The molecule has 0 aliphatic carbocycles. The Labute approximate surface area is 156 Å². The van der Waals surface area contributed by atoms with Gasteiger partial charge >= 0.3 is 0 Å². The fourth-order valence-electron chi connectivity index (χ4n) is 2.69. The van der Waals surface area contributed by atoms with Crippen LogP contribution in [0.5, 0.6) is 5.88 Å². The summed E-state index contributed by atoms with van der Waals surface area (Å²) < 4.78 is 6.69. The Balaban J connectivity index is 2.43. The van der Waals surface area contributed by atoms with Gasteiger partial charge in [-0.05, 0) is 28.9 Å². The molecule has 0 radical (unpaired) electrons. The summed E-state index contributed by atoms with van der Waals surface area (Å²) in [6.45, 7) is 5.95. The van der Waals surface area contributed by atoms with Crippen LogP contribution in [0.4, 0.5) is 0 Å². The molecule has 2 rings (SSSR count). The van der Waals surface area contributed by atoms with E-state index in [1.54, 1.807) is 36.0 Å². The van der Waals surface area contributed by atoms with E-state index in [1.807, 2.05) is 6.92 Å². The van der Waals surface area contributed by atoms with Crippen molar-refractivity contribution in [1.29, 1.82) is 0 Å². The SMILES string of the molecule is CC(=O)N(C)C[C@H]1Oc2ncc(Br)cc2C(=O)N([C@H](C)CO)C[C@@H]1C. The Morgan fingerprint density at radius 2 is 2.28 bits per heavy atom. The van der Waals surface area contributed by atoms with E-state index < -0.39 is 0 Å². The molecule has 2 heterocycles. The first-order valence-electron chi connectivity index (χ1n) is 8.20. The van der Waals surface area contributed by atoms with Crippen molar-refractivity contribution in [1.82, 2.24) is 14.8 Å². The molecule has 0 saturated heterocycles. The Hall–Kier alpha value is -1.67. The first kappa shape index (κ1) is 19.7. The number of aromatic nitrogens is 1. The number of ether oxygens (including phenoxy) is 1. The molecule has 0 unspecified atom stereocenters. The number of nitrogens with zero attached hydrogens (tertiary/aromatic N) is 3. The average Bonchev–Trinajstić information content (AvgIpc) is 2.57. The number of hydrogen-bond acceptors (Lipinski definition) is 5. The van der Waals surface area contributed by atoms with Gasteiger partial charge in [0.25, 0.3) is 5.91 Å². The van der Waals surface area contributed by atoms with Gasteiger partial charge in [-0.1, -0.05) is 6.92 Å². The van der Waals surface area contributed by atoms with Crippen molar-refractivity contribution in [3.05, 3.63) is 22.3 Å². The maximum Gasteiger partial charge on any atom is 0.259 e. The van der Waals surface area contributed by atoms with Gasteiger partial charge in [-0.25, -0.2) is 4.98 Å². The van der Waals surface area contributed by atoms with Gasteiger partial charge in [0.1, 0.15) is 11.7 Å². The highest BCUT2D eigenvalue weighted by atomic mass is 79.9. The Kier molecular flexibility index (Phi) is 6.40. The quantitative estimate of drug-likeness (QED) is 0.809. The zero-order chi connectivity index (χ0) is 18.7. The van der Waals surface area contributed by atoms with E-state index in [1.165, 1.54) is 6.92 Å². The number of amides is 2. The van der Waals surface area contributed by atoms with Crippen LogP contribution in [-0.2, 0) is 4.79 Å². The first-order chi connectivity index (χ1) is 11.7. The molecule has 2 amide bonds. The molecule has 25 heavy (non-hydrogen) atoms. The van der Waals surface area contributed by atoms with Gasteiger partial charge in [0.2, 0.25) is 11.8 Å². The molecule has 0 bridgehead atoms. The van der Waals surface area contributed by atoms with E-state index in [0.29, 0.717) is 23.1 Å². The number of hydrogen-bond donors (Lipinski definition) is 1. The summed E-state index contributed by atoms with van der Waals surface area (Å²) in [6, 6.07) is 1.34. The van der Waals surface area contributed by atoms with Crippen molar-refractivity contribution in [3.8, 4) is 5.88 Å². The minimum atomic E-state index is -0.328. The Morgan fingerprint density at radius 3 is 2.88 bits per heavy atom. The van der Waals surface area contributed by atoms with Crippen molar-refractivity contribution in [3.63, 3.8) is 0 Å². The second-order valence-corrected chi connectivity index (χ2v) is 7.44. The standard InChI is InChI=1S/C17H24BrN3O4/c1-10-7-21(11(2)9-22)17(24)14-5-13(18)6-19-16(14)25-15(10)8-20(4)12(3)23/h5-6,10-11,15,22H,7-9H2,1-4H3/t10-,11+,15+/m0/s1. The monoisotopic (exact) mass is 413 g/mol. The maximum atomic E-state index is 12.9. The highest BCUT2D eigenvalue weighted by Crippen LogP contribution is 2.28. The summed E-state index contributed by atoms with van der Waals surface area (Å²) in [5, 5.41) is 9.54. The number of aliphatic hydroxyl groups excluding tert-OH is 1. The number of aliphatic hydroxyl groups is 1. The molecule has 1 N–H and O–H groups in total. The fourth-order valence-corrected chi connectivity index (χ4v) is 3.02. The van der Waals surface area contributed by atoms with E-state index >= 15 is 0 Å². The average molecular weight is 414 g/mol. The molecule has 1 aliphatic heterocycles. The fraction of sp³-hybridized carbons (Fsp3) is 0.588. The number of carbonyl (C=O) groups is 2. The lowest BCUT2D eigenvalue weighted by Crippen LogP contribution is -2.50. The van der Waals surface area contributed by atoms with Crippen LogP contribution in [0.25, 0.3) is 0 Å². The summed E-state index contributed by atoms with van der Waals surface area (Å²) in [5.41, 5.74) is 0.344. The zero-order valence-corrected chi connectivity index (χ0v) is 16.5. The van der Waals surface area contributed by atoms with Crippen molar-refractivity contribution < 1.29 is 19.4 Å². The second kappa shape index (κ2) is 8.14. The molecule has 8 heteroatoms. The molecule has 1 aromatic heterocycles. The number of halogens is 1. The van der Waals surface area contributed by atoms with Crippen LogP contribution in [0, 0.1) is 5.92 Å². The van der Waals surface area contributed by atoms with Crippen molar-refractivity contribution in [2.75, 3.05) is 26.7 Å². The number of rotatable bonds is 4. The topological polar surface area (TPSA) is 83.0 Å². The third-order valence-corrected chi connectivity index (χ3v) is 4.91. The lowest BCUT2D eigenvalue weighted by Gasteiger charge is -2.37. The third-order valence-electron chi connectivity index (χ3n) is 4.48. The molecule has 1 aromatic rings. The summed E-state index contributed by atoms with van der Waals surface area (Å²) >= 11 is 3.33. The minimum Gasteiger partial charge on any atom is -0.472 e. The van der Waals surface area contributed by atoms with Crippen LogP contribution in [0.3, 0.4) is 0 Å². The smallest absolute Gasteiger partial charge is 0.259 e. The Bertz CT molecular complexity index is 655. The van der Waals surface area contributed by atoms with E-state index in [4.69, 9.17) is 4.74 Å². The number of likely N-dealkylation sites (N-methyl/N-ethyl adjacent to an activating group) is 1. The van der Waals surface area contributed by atoms with Gasteiger partial charge in [-0.3, -0.25) is 9.59 Å². The maximum absolute atomic E-state index is 12.9. The van der Waals surface area contributed by atoms with Crippen LogP contribution < -0.4 is 4.74 Å². The second-order valence-electron chi connectivity index (χ2n) is 6.53. The van der Waals surface area contributed by atoms with Gasteiger partial charge in [0.05, 0.1) is 19.2 Å². The van der Waals surface area contributed by atoms with Crippen LogP contribution in [0.1, 0.15) is 31.1 Å². The molecular formula is C17H24BrN3O4. The van der Waals surface area contributed by atoms with Crippen LogP contribution in [-0.4, -0.2) is 70.6 Å². The highest BCUT2D eigenvalue weighted by molar-refractivity contribution is 9.10.